The van der Waals surface area contributed by atoms with Gasteiger partial charge in [0.05, 0.1) is 0 Å². The van der Waals surface area contributed by atoms with Gasteiger partial charge in [-0.15, -0.1) is 0 Å². The van der Waals surface area contributed by atoms with Crippen LogP contribution < -0.4 is 10.2 Å². The number of aromatic nitrogens is 1. The molecule has 0 amide bonds. The first-order chi connectivity index (χ1) is 8.58. The van der Waals surface area contributed by atoms with E-state index in [-0.39, 0.29) is 0 Å². The molecule has 3 heteroatoms. The number of nitrogens with one attached hydrogen (secondary N) is 1. The zero-order valence-corrected chi connectivity index (χ0v) is 12.0. The second kappa shape index (κ2) is 5.70. The van der Waals surface area contributed by atoms with E-state index in [1.165, 1.54) is 24.3 Å². The molecule has 1 N–H and O–H groups in total. The summed E-state index contributed by atoms with van der Waals surface area (Å²) in [6.45, 7) is 12.3. The maximum absolute atomic E-state index is 4.27. The van der Waals surface area contributed by atoms with Crippen LogP contribution in [-0.2, 0) is 6.54 Å². The van der Waals surface area contributed by atoms with Gasteiger partial charge >= 0.3 is 0 Å². The van der Waals surface area contributed by atoms with Gasteiger partial charge in [-0.05, 0) is 17.9 Å². The van der Waals surface area contributed by atoms with Crippen LogP contribution in [0.3, 0.4) is 0 Å². The summed E-state index contributed by atoms with van der Waals surface area (Å²) in [6, 6.07) is 2.66. The molecule has 1 fully saturated rings. The summed E-state index contributed by atoms with van der Waals surface area (Å²) in [5.41, 5.74) is 2.67. The van der Waals surface area contributed by atoms with Crippen molar-refractivity contribution in [3.63, 3.8) is 0 Å². The lowest BCUT2D eigenvalue weighted by Crippen LogP contribution is -2.26. The van der Waals surface area contributed by atoms with Crippen molar-refractivity contribution >= 4 is 5.69 Å². The first kappa shape index (κ1) is 13.3. The van der Waals surface area contributed by atoms with Crippen LogP contribution in [0.4, 0.5) is 5.69 Å². The fourth-order valence-corrected chi connectivity index (χ4v) is 2.50. The highest BCUT2D eigenvalue weighted by Gasteiger charge is 2.27. The Morgan fingerprint density at radius 3 is 2.61 bits per heavy atom. The number of anilines is 1. The fourth-order valence-electron chi connectivity index (χ4n) is 2.50. The van der Waals surface area contributed by atoms with Crippen molar-refractivity contribution in [3.8, 4) is 0 Å². The molecule has 3 nitrogen and oxygen atoms in total. The third kappa shape index (κ3) is 3.02. The average Bonchev–Trinajstić information content (AvgIpc) is 2.67. The molecule has 2 unspecified atom stereocenters. The minimum absolute atomic E-state index is 0.509. The van der Waals surface area contributed by atoms with E-state index in [0.717, 1.165) is 18.4 Å². The smallest absolute Gasteiger partial charge is 0.0443 e. The second-order valence-electron chi connectivity index (χ2n) is 5.90. The van der Waals surface area contributed by atoms with Crippen LogP contribution >= 0.6 is 0 Å². The molecule has 0 spiro atoms. The molecule has 0 aromatic carbocycles. The summed E-state index contributed by atoms with van der Waals surface area (Å²) in [7, 11) is 0. The summed E-state index contributed by atoms with van der Waals surface area (Å²) in [6.07, 6.45) is 3.90. The number of rotatable bonds is 4. The zero-order valence-electron chi connectivity index (χ0n) is 12.0. The van der Waals surface area contributed by atoms with E-state index in [9.17, 15) is 0 Å². The monoisotopic (exact) mass is 247 g/mol. The maximum atomic E-state index is 4.27. The summed E-state index contributed by atoms with van der Waals surface area (Å²) in [5, 5.41) is 3.48. The van der Waals surface area contributed by atoms with Gasteiger partial charge in [0.15, 0.2) is 0 Å². The van der Waals surface area contributed by atoms with Gasteiger partial charge in [-0.25, -0.2) is 0 Å². The third-order valence-corrected chi connectivity index (χ3v) is 3.91. The number of pyridine rings is 1. The third-order valence-electron chi connectivity index (χ3n) is 3.91. The highest BCUT2D eigenvalue weighted by molar-refractivity contribution is 5.53. The lowest BCUT2D eigenvalue weighted by Gasteiger charge is -2.22. The minimum Gasteiger partial charge on any atom is -0.371 e. The van der Waals surface area contributed by atoms with Crippen molar-refractivity contribution in [3.05, 3.63) is 24.0 Å². The predicted octanol–water partition coefficient (Wildman–Crippen LogP) is 2.67. The Kier molecular flexibility index (Phi) is 4.23. The van der Waals surface area contributed by atoms with Gasteiger partial charge < -0.3 is 10.2 Å². The quantitative estimate of drug-likeness (QED) is 0.886. The van der Waals surface area contributed by atoms with Gasteiger partial charge in [-0.1, -0.05) is 27.7 Å². The lowest BCUT2D eigenvalue weighted by atomic mass is 10.0. The molecule has 0 aliphatic carbocycles. The molecule has 2 atom stereocenters. The standard InChI is InChI=1S/C15H25N3/c1-11(2)17-8-14-7-16-6-5-15(14)18-9-12(3)13(4)10-18/h5-7,11-13,17H,8-10H2,1-4H3. The molecule has 1 aliphatic rings. The van der Waals surface area contributed by atoms with E-state index in [4.69, 9.17) is 0 Å². The van der Waals surface area contributed by atoms with Gasteiger partial charge in [0.2, 0.25) is 0 Å². The predicted molar refractivity (Wildman–Crippen MR) is 76.8 cm³/mol. The molecule has 100 valence electrons. The average molecular weight is 247 g/mol. The van der Waals surface area contributed by atoms with Gasteiger partial charge in [0.25, 0.3) is 0 Å². The molecular weight excluding hydrogens is 222 g/mol. The molecule has 2 rings (SSSR count). The van der Waals surface area contributed by atoms with Crippen LogP contribution in [0, 0.1) is 11.8 Å². The van der Waals surface area contributed by atoms with Crippen molar-refractivity contribution < 1.29 is 0 Å². The molecule has 18 heavy (non-hydrogen) atoms. The van der Waals surface area contributed by atoms with Crippen molar-refractivity contribution in [2.75, 3.05) is 18.0 Å². The van der Waals surface area contributed by atoms with E-state index in [2.05, 4.69) is 49.0 Å². The van der Waals surface area contributed by atoms with Gasteiger partial charge in [0.1, 0.15) is 0 Å². The summed E-state index contributed by atoms with van der Waals surface area (Å²) < 4.78 is 0. The fraction of sp³-hybridized carbons (Fsp3) is 0.667. The van der Waals surface area contributed by atoms with E-state index in [1.807, 2.05) is 12.4 Å². The Hall–Kier alpha value is -1.09. The zero-order chi connectivity index (χ0) is 13.1. The molecule has 1 aromatic heterocycles. The minimum atomic E-state index is 0.509. The van der Waals surface area contributed by atoms with Crippen molar-refractivity contribution in [2.24, 2.45) is 11.8 Å². The molecule has 1 aromatic rings. The Labute approximate surface area is 111 Å². The van der Waals surface area contributed by atoms with Crippen LogP contribution in [0.5, 0.6) is 0 Å². The topological polar surface area (TPSA) is 28.2 Å². The Bertz CT molecular complexity index is 379. The van der Waals surface area contributed by atoms with Crippen molar-refractivity contribution in [1.82, 2.24) is 10.3 Å². The molecule has 1 saturated heterocycles. The molecule has 1 aliphatic heterocycles. The SMILES string of the molecule is CC(C)NCc1cnccc1N1CC(C)C(C)C1. The van der Waals surface area contributed by atoms with E-state index < -0.39 is 0 Å². The van der Waals surface area contributed by atoms with Crippen molar-refractivity contribution in [1.29, 1.82) is 0 Å². The Morgan fingerprint density at radius 1 is 1.33 bits per heavy atom. The molecular formula is C15H25N3. The van der Waals surface area contributed by atoms with Crippen LogP contribution in [0.2, 0.25) is 0 Å². The summed E-state index contributed by atoms with van der Waals surface area (Å²) >= 11 is 0. The molecule has 0 bridgehead atoms. The Morgan fingerprint density at radius 2 is 2.00 bits per heavy atom. The van der Waals surface area contributed by atoms with Gasteiger partial charge in [-0.2, -0.15) is 0 Å². The van der Waals surface area contributed by atoms with Crippen LogP contribution in [0.25, 0.3) is 0 Å². The summed E-state index contributed by atoms with van der Waals surface area (Å²) in [4.78, 5) is 6.77. The molecule has 2 heterocycles. The van der Waals surface area contributed by atoms with Gasteiger partial charge in [-0.3, -0.25) is 4.98 Å². The van der Waals surface area contributed by atoms with Crippen molar-refractivity contribution in [2.45, 2.75) is 40.3 Å². The van der Waals surface area contributed by atoms with E-state index >= 15 is 0 Å². The summed E-state index contributed by atoms with van der Waals surface area (Å²) in [5.74, 6) is 1.56. The number of nitrogens with zero attached hydrogens (tertiary/aromatic N) is 2. The van der Waals surface area contributed by atoms with E-state index in [0.29, 0.717) is 6.04 Å². The van der Waals surface area contributed by atoms with E-state index in [1.54, 1.807) is 0 Å². The Balaban J connectivity index is 2.12. The lowest BCUT2D eigenvalue weighted by molar-refractivity contribution is 0.494. The first-order valence-electron chi connectivity index (χ1n) is 6.99. The maximum Gasteiger partial charge on any atom is 0.0443 e. The second-order valence-corrected chi connectivity index (χ2v) is 5.90. The van der Waals surface area contributed by atoms with Crippen LogP contribution in [0.1, 0.15) is 33.3 Å². The largest absolute Gasteiger partial charge is 0.371 e. The first-order valence-corrected chi connectivity index (χ1v) is 6.99. The van der Waals surface area contributed by atoms with Crippen LogP contribution in [0.15, 0.2) is 18.5 Å². The van der Waals surface area contributed by atoms with Crippen LogP contribution in [-0.4, -0.2) is 24.1 Å². The molecule has 0 saturated carbocycles. The number of hydrogen-bond acceptors (Lipinski definition) is 3. The normalized spacial score (nSPS) is 23.9. The highest BCUT2D eigenvalue weighted by Crippen LogP contribution is 2.29. The molecule has 0 radical (unpaired) electrons. The number of hydrogen-bond donors (Lipinski definition) is 1. The van der Waals surface area contributed by atoms with Gasteiger partial charge in [0, 0.05) is 49.3 Å². The highest BCUT2D eigenvalue weighted by atomic mass is 15.2.